The summed E-state index contributed by atoms with van der Waals surface area (Å²) in [5, 5.41) is 3.68. The molecule has 2 heterocycles. The molecular formula is C18H19N3O3S. The summed E-state index contributed by atoms with van der Waals surface area (Å²) in [6, 6.07) is 10.9. The first-order valence-electron chi connectivity index (χ1n) is 7.94. The van der Waals surface area contributed by atoms with E-state index in [2.05, 4.69) is 10.3 Å². The van der Waals surface area contributed by atoms with Gasteiger partial charge in [0.1, 0.15) is 11.6 Å². The SMILES string of the molecule is CSc1ncccc1C(=O)N[C@H](C)c1cccc(N2CCOC2=O)c1. The summed E-state index contributed by atoms with van der Waals surface area (Å²) < 4.78 is 4.98. The van der Waals surface area contributed by atoms with Crippen LogP contribution in [0.4, 0.5) is 10.5 Å². The molecule has 1 saturated heterocycles. The van der Waals surface area contributed by atoms with E-state index in [0.29, 0.717) is 23.7 Å². The lowest BCUT2D eigenvalue weighted by atomic mass is 10.1. The minimum absolute atomic E-state index is 0.170. The molecule has 3 rings (SSSR count). The number of thioether (sulfide) groups is 1. The molecule has 0 aliphatic carbocycles. The predicted molar refractivity (Wildman–Crippen MR) is 97.0 cm³/mol. The van der Waals surface area contributed by atoms with Gasteiger partial charge in [0.05, 0.1) is 18.2 Å². The maximum atomic E-state index is 12.6. The van der Waals surface area contributed by atoms with E-state index in [1.54, 1.807) is 23.2 Å². The van der Waals surface area contributed by atoms with Gasteiger partial charge in [0.15, 0.2) is 0 Å². The summed E-state index contributed by atoms with van der Waals surface area (Å²) in [5.41, 5.74) is 2.24. The Labute approximate surface area is 150 Å². The minimum atomic E-state index is -0.339. The number of nitrogens with zero attached hydrogens (tertiary/aromatic N) is 2. The number of anilines is 1. The number of pyridine rings is 1. The number of cyclic esters (lactones) is 1. The molecule has 130 valence electrons. The summed E-state index contributed by atoms with van der Waals surface area (Å²) in [7, 11) is 0. The van der Waals surface area contributed by atoms with Gasteiger partial charge in [0.2, 0.25) is 0 Å². The zero-order valence-electron chi connectivity index (χ0n) is 14.1. The molecule has 6 nitrogen and oxygen atoms in total. The molecule has 1 N–H and O–H groups in total. The van der Waals surface area contributed by atoms with Crippen molar-refractivity contribution in [1.82, 2.24) is 10.3 Å². The topological polar surface area (TPSA) is 71.5 Å². The number of carbonyl (C=O) groups is 2. The summed E-state index contributed by atoms with van der Waals surface area (Å²) >= 11 is 1.44. The molecule has 0 radical (unpaired) electrons. The zero-order chi connectivity index (χ0) is 17.8. The first-order valence-corrected chi connectivity index (χ1v) is 9.16. The lowest BCUT2D eigenvalue weighted by Gasteiger charge is -2.18. The largest absolute Gasteiger partial charge is 0.447 e. The molecule has 1 aromatic carbocycles. The van der Waals surface area contributed by atoms with Gasteiger partial charge in [0, 0.05) is 11.9 Å². The molecule has 2 aromatic rings. The fraction of sp³-hybridized carbons (Fsp3) is 0.278. The molecule has 1 aromatic heterocycles. The molecule has 2 amide bonds. The minimum Gasteiger partial charge on any atom is -0.447 e. The Bertz CT molecular complexity index is 797. The predicted octanol–water partition coefficient (Wildman–Crippen LogP) is 3.25. The van der Waals surface area contributed by atoms with Crippen molar-refractivity contribution in [2.75, 3.05) is 24.3 Å². The molecule has 1 fully saturated rings. The molecule has 25 heavy (non-hydrogen) atoms. The van der Waals surface area contributed by atoms with Crippen LogP contribution >= 0.6 is 11.8 Å². The Morgan fingerprint density at radius 2 is 2.20 bits per heavy atom. The third kappa shape index (κ3) is 3.76. The van der Waals surface area contributed by atoms with Gasteiger partial charge in [-0.2, -0.15) is 0 Å². The van der Waals surface area contributed by atoms with Crippen LogP contribution in [0.1, 0.15) is 28.9 Å². The molecule has 0 spiro atoms. The fourth-order valence-electron chi connectivity index (χ4n) is 2.67. The van der Waals surface area contributed by atoms with Crippen LogP contribution in [-0.4, -0.2) is 36.4 Å². The highest BCUT2D eigenvalue weighted by atomic mass is 32.2. The highest BCUT2D eigenvalue weighted by molar-refractivity contribution is 7.98. The van der Waals surface area contributed by atoms with Crippen LogP contribution < -0.4 is 10.2 Å². The highest BCUT2D eigenvalue weighted by Crippen LogP contribution is 2.24. The molecule has 7 heteroatoms. The average Bonchev–Trinajstić information content (AvgIpc) is 3.07. The number of benzene rings is 1. The number of amides is 2. The van der Waals surface area contributed by atoms with Crippen LogP contribution in [0, 0.1) is 0 Å². The van der Waals surface area contributed by atoms with Crippen LogP contribution in [0.3, 0.4) is 0 Å². The molecule has 1 atom stereocenters. The molecule has 1 aliphatic heterocycles. The van der Waals surface area contributed by atoms with Crippen molar-refractivity contribution in [1.29, 1.82) is 0 Å². The van der Waals surface area contributed by atoms with Gasteiger partial charge >= 0.3 is 6.09 Å². The van der Waals surface area contributed by atoms with Gasteiger partial charge in [-0.3, -0.25) is 9.69 Å². The molecule has 0 unspecified atom stereocenters. The first kappa shape index (κ1) is 17.3. The van der Waals surface area contributed by atoms with E-state index in [9.17, 15) is 9.59 Å². The van der Waals surface area contributed by atoms with Crippen LogP contribution in [0.15, 0.2) is 47.6 Å². The average molecular weight is 357 g/mol. The monoisotopic (exact) mass is 357 g/mol. The van der Waals surface area contributed by atoms with E-state index in [-0.39, 0.29) is 18.0 Å². The van der Waals surface area contributed by atoms with Gasteiger partial charge in [-0.15, -0.1) is 11.8 Å². The molecular weight excluding hydrogens is 338 g/mol. The van der Waals surface area contributed by atoms with E-state index in [4.69, 9.17) is 4.74 Å². The quantitative estimate of drug-likeness (QED) is 0.832. The number of hydrogen-bond donors (Lipinski definition) is 1. The van der Waals surface area contributed by atoms with Crippen molar-refractivity contribution in [2.24, 2.45) is 0 Å². The zero-order valence-corrected chi connectivity index (χ0v) is 14.9. The van der Waals surface area contributed by atoms with Gasteiger partial charge in [-0.05, 0) is 43.0 Å². The highest BCUT2D eigenvalue weighted by Gasteiger charge is 2.24. The number of rotatable bonds is 5. The summed E-state index contributed by atoms with van der Waals surface area (Å²) in [4.78, 5) is 30.1. The number of hydrogen-bond acceptors (Lipinski definition) is 5. The lowest BCUT2D eigenvalue weighted by Crippen LogP contribution is -2.28. The van der Waals surface area contributed by atoms with E-state index in [1.165, 1.54) is 11.8 Å². The van der Waals surface area contributed by atoms with Crippen molar-refractivity contribution in [3.8, 4) is 0 Å². The normalized spacial score (nSPS) is 15.0. The van der Waals surface area contributed by atoms with Crippen molar-refractivity contribution in [3.63, 3.8) is 0 Å². The summed E-state index contributed by atoms with van der Waals surface area (Å²) in [6.45, 7) is 2.85. The van der Waals surface area contributed by atoms with Crippen LogP contribution in [-0.2, 0) is 4.74 Å². The van der Waals surface area contributed by atoms with Gasteiger partial charge < -0.3 is 10.1 Å². The maximum absolute atomic E-state index is 12.6. The third-order valence-corrected chi connectivity index (χ3v) is 4.71. The Balaban J connectivity index is 1.76. The Kier molecular flexibility index (Phi) is 5.23. The number of nitrogens with one attached hydrogen (secondary N) is 1. The Morgan fingerprint density at radius 1 is 1.36 bits per heavy atom. The van der Waals surface area contributed by atoms with E-state index in [0.717, 1.165) is 11.3 Å². The molecule has 1 aliphatic rings. The van der Waals surface area contributed by atoms with Crippen LogP contribution in [0.5, 0.6) is 0 Å². The number of carbonyl (C=O) groups excluding carboxylic acids is 2. The number of aromatic nitrogens is 1. The van der Waals surface area contributed by atoms with E-state index in [1.807, 2.05) is 37.4 Å². The number of ether oxygens (including phenoxy) is 1. The van der Waals surface area contributed by atoms with Crippen LogP contribution in [0.25, 0.3) is 0 Å². The van der Waals surface area contributed by atoms with Crippen molar-refractivity contribution < 1.29 is 14.3 Å². The maximum Gasteiger partial charge on any atom is 0.414 e. The molecule has 0 saturated carbocycles. The second-order valence-electron chi connectivity index (χ2n) is 5.62. The Hall–Kier alpha value is -2.54. The Morgan fingerprint density at radius 3 is 2.92 bits per heavy atom. The standard InChI is InChI=1S/C18H19N3O3S/c1-12(20-16(22)15-7-4-8-19-17(15)25-2)13-5-3-6-14(11-13)21-9-10-24-18(21)23/h3-8,11-12H,9-10H2,1-2H3,(H,20,22)/t12-/m1/s1. The van der Waals surface area contributed by atoms with Crippen molar-refractivity contribution >= 4 is 29.4 Å². The van der Waals surface area contributed by atoms with E-state index < -0.39 is 0 Å². The third-order valence-electron chi connectivity index (χ3n) is 4.00. The molecule has 0 bridgehead atoms. The van der Waals surface area contributed by atoms with Crippen molar-refractivity contribution in [2.45, 2.75) is 18.0 Å². The summed E-state index contributed by atoms with van der Waals surface area (Å²) in [5.74, 6) is -0.170. The lowest BCUT2D eigenvalue weighted by molar-refractivity contribution is 0.0936. The first-order chi connectivity index (χ1) is 12.1. The van der Waals surface area contributed by atoms with Gasteiger partial charge in [0.25, 0.3) is 5.91 Å². The van der Waals surface area contributed by atoms with Crippen molar-refractivity contribution in [3.05, 3.63) is 53.7 Å². The summed E-state index contributed by atoms with van der Waals surface area (Å²) in [6.07, 6.45) is 3.22. The second-order valence-corrected chi connectivity index (χ2v) is 6.41. The van der Waals surface area contributed by atoms with Gasteiger partial charge in [-0.25, -0.2) is 9.78 Å². The smallest absolute Gasteiger partial charge is 0.414 e. The van der Waals surface area contributed by atoms with Gasteiger partial charge in [-0.1, -0.05) is 12.1 Å². The fourth-order valence-corrected chi connectivity index (χ4v) is 3.22. The van der Waals surface area contributed by atoms with Crippen LogP contribution in [0.2, 0.25) is 0 Å². The second kappa shape index (κ2) is 7.57. The van der Waals surface area contributed by atoms with E-state index >= 15 is 0 Å².